The summed E-state index contributed by atoms with van der Waals surface area (Å²) < 4.78 is 29.6. The highest BCUT2D eigenvalue weighted by Gasteiger charge is 2.31. The summed E-state index contributed by atoms with van der Waals surface area (Å²) in [5, 5.41) is 0. The van der Waals surface area contributed by atoms with Crippen LogP contribution in [0.25, 0.3) is 6.08 Å². The van der Waals surface area contributed by atoms with E-state index < -0.39 is 12.0 Å². The number of carbonyl (C=O) groups is 1. The maximum Gasteiger partial charge on any atom is 0.337 e. The maximum atomic E-state index is 13.9. The molecule has 0 bridgehead atoms. The zero-order valence-electron chi connectivity index (χ0n) is 23.2. The lowest BCUT2D eigenvalue weighted by molar-refractivity contribution is -0.136. The molecule has 0 aliphatic carbocycles. The van der Waals surface area contributed by atoms with Crippen molar-refractivity contribution in [2.45, 2.75) is 26.3 Å². The minimum Gasteiger partial charge on any atom is -0.493 e. The third-order valence-electron chi connectivity index (χ3n) is 6.25. The topological polar surface area (TPSA) is 97.6 Å². The normalized spacial score (nSPS) is 14.5. The Balaban J connectivity index is 1.91. The van der Waals surface area contributed by atoms with Crippen LogP contribution in [0.3, 0.4) is 0 Å². The number of hydrogen-bond acceptors (Lipinski definition) is 9. The first kappa shape index (κ1) is 28.7. The lowest BCUT2D eigenvalue weighted by atomic mass is 9.97. The molecule has 0 amide bonds. The van der Waals surface area contributed by atoms with Gasteiger partial charge in [-0.25, -0.2) is 9.79 Å². The van der Waals surface area contributed by atoms with E-state index in [2.05, 4.69) is 11.6 Å². The molecule has 0 radical (unpaired) electrons. The van der Waals surface area contributed by atoms with Gasteiger partial charge in [-0.05, 0) is 61.7 Å². The van der Waals surface area contributed by atoms with Gasteiger partial charge in [0.25, 0.3) is 5.56 Å². The molecule has 1 aliphatic rings. The lowest BCUT2D eigenvalue weighted by Crippen LogP contribution is -2.39. The average Bonchev–Trinajstić information content (AvgIpc) is 3.27. The van der Waals surface area contributed by atoms with Crippen LogP contribution in [0.15, 0.2) is 64.5 Å². The molecule has 0 fully saturated rings. The number of ether oxygens (including phenoxy) is 5. The molecule has 2 heterocycles. The number of benzene rings is 2. The van der Waals surface area contributed by atoms with Gasteiger partial charge < -0.3 is 23.7 Å². The van der Waals surface area contributed by atoms with Crippen molar-refractivity contribution in [2.24, 2.45) is 4.99 Å². The van der Waals surface area contributed by atoms with Crippen molar-refractivity contribution in [3.63, 3.8) is 0 Å². The summed E-state index contributed by atoms with van der Waals surface area (Å²) in [4.78, 5) is 31.6. The third-order valence-corrected chi connectivity index (χ3v) is 7.25. The van der Waals surface area contributed by atoms with Crippen molar-refractivity contribution >= 4 is 23.4 Å². The Kier molecular flexibility index (Phi) is 9.11. The zero-order chi connectivity index (χ0) is 28.8. The largest absolute Gasteiger partial charge is 0.493 e. The first-order valence-corrected chi connectivity index (χ1v) is 13.6. The molecule has 0 spiro atoms. The van der Waals surface area contributed by atoms with Gasteiger partial charge >= 0.3 is 5.97 Å². The first-order chi connectivity index (χ1) is 19.4. The summed E-state index contributed by atoms with van der Waals surface area (Å²) in [6, 6.07) is 8.34. The molecule has 2 aromatic carbocycles. The minimum absolute atomic E-state index is 0.229. The van der Waals surface area contributed by atoms with Gasteiger partial charge in [0.2, 0.25) is 0 Å². The molecule has 4 rings (SSSR count). The van der Waals surface area contributed by atoms with Crippen molar-refractivity contribution in [2.75, 3.05) is 34.5 Å². The predicted molar refractivity (Wildman–Crippen MR) is 153 cm³/mol. The molecule has 210 valence electrons. The molecule has 0 saturated carbocycles. The number of esters is 1. The molecule has 1 aliphatic heterocycles. The van der Waals surface area contributed by atoms with E-state index in [1.54, 1.807) is 38.5 Å². The molecule has 40 heavy (non-hydrogen) atoms. The number of aromatic nitrogens is 1. The number of thiazole rings is 1. The molecule has 1 atom stereocenters. The number of nitrogens with zero attached hydrogens (tertiary/aromatic N) is 2. The van der Waals surface area contributed by atoms with Crippen LogP contribution in [0.2, 0.25) is 0 Å². The van der Waals surface area contributed by atoms with Gasteiger partial charge in [0, 0.05) is 11.8 Å². The summed E-state index contributed by atoms with van der Waals surface area (Å²) in [7, 11) is 4.45. The molecular weight excluding hydrogens is 532 g/mol. The van der Waals surface area contributed by atoms with Crippen LogP contribution >= 0.6 is 11.3 Å². The van der Waals surface area contributed by atoms with E-state index in [1.165, 1.54) is 29.2 Å². The van der Waals surface area contributed by atoms with Gasteiger partial charge in [-0.2, -0.15) is 0 Å². The molecule has 3 aromatic rings. The van der Waals surface area contributed by atoms with Crippen LogP contribution < -0.4 is 33.8 Å². The molecule has 0 saturated heterocycles. The highest BCUT2D eigenvalue weighted by Crippen LogP contribution is 2.35. The van der Waals surface area contributed by atoms with E-state index in [1.807, 2.05) is 32.0 Å². The Bertz CT molecular complexity index is 1630. The second kappa shape index (κ2) is 12.7. The highest BCUT2D eigenvalue weighted by atomic mass is 32.1. The number of rotatable bonds is 11. The van der Waals surface area contributed by atoms with Crippen molar-refractivity contribution in [3.05, 3.63) is 91.1 Å². The van der Waals surface area contributed by atoms with E-state index >= 15 is 0 Å². The van der Waals surface area contributed by atoms with Gasteiger partial charge in [0.05, 0.1) is 50.7 Å². The summed E-state index contributed by atoms with van der Waals surface area (Å²) in [5.41, 5.74) is 2.22. The number of carbonyl (C=O) groups excluding carboxylic acids is 1. The number of allylic oxidation sites excluding steroid dienone is 1. The van der Waals surface area contributed by atoms with Crippen molar-refractivity contribution in [1.29, 1.82) is 0 Å². The molecule has 1 aromatic heterocycles. The maximum absolute atomic E-state index is 13.9. The molecule has 10 heteroatoms. The predicted octanol–water partition coefficient (Wildman–Crippen LogP) is 3.56. The van der Waals surface area contributed by atoms with E-state index in [0.717, 1.165) is 11.1 Å². The quantitative estimate of drug-likeness (QED) is 0.260. The second-order valence-electron chi connectivity index (χ2n) is 8.66. The SMILES string of the molecule is C=CCc1cc(/C=c2\sc3n(c2=O)[C@H](c2ccc(OCC)c(OCC)c2)C(C(=O)OC)=CN=3)cc(OC)c1OC. The fraction of sp³-hybridized carbons (Fsp3) is 0.300. The van der Waals surface area contributed by atoms with Crippen molar-refractivity contribution < 1.29 is 28.5 Å². The van der Waals surface area contributed by atoms with Crippen LogP contribution in [0.4, 0.5) is 0 Å². The number of methoxy groups -OCH3 is 3. The van der Waals surface area contributed by atoms with Crippen molar-refractivity contribution in [1.82, 2.24) is 4.57 Å². The minimum atomic E-state index is -0.775. The molecular formula is C30H32N2O7S. The first-order valence-electron chi connectivity index (χ1n) is 12.7. The highest BCUT2D eigenvalue weighted by molar-refractivity contribution is 7.07. The third kappa shape index (κ3) is 5.53. The fourth-order valence-corrected chi connectivity index (χ4v) is 5.57. The molecule has 0 N–H and O–H groups in total. The van der Waals surface area contributed by atoms with E-state index in [9.17, 15) is 9.59 Å². The van der Waals surface area contributed by atoms with Crippen molar-refractivity contribution in [3.8, 4) is 23.0 Å². The molecule has 9 nitrogen and oxygen atoms in total. The smallest absolute Gasteiger partial charge is 0.337 e. The van der Waals surface area contributed by atoms with E-state index in [0.29, 0.717) is 57.5 Å². The summed E-state index contributed by atoms with van der Waals surface area (Å²) in [5.74, 6) is 1.68. The lowest BCUT2D eigenvalue weighted by Gasteiger charge is -2.23. The van der Waals surface area contributed by atoms with Crippen LogP contribution in [-0.2, 0) is 16.0 Å². The van der Waals surface area contributed by atoms with Gasteiger partial charge in [-0.15, -0.1) is 6.58 Å². The Morgan fingerprint density at radius 1 is 1.05 bits per heavy atom. The van der Waals surface area contributed by atoms with E-state index in [4.69, 9.17) is 23.7 Å². The Hall–Kier alpha value is -4.31. The standard InChI is InChI=1S/C30H32N2O7S/c1-7-10-20-13-18(14-24(35-4)27(20)36-5)15-25-28(33)32-26(21(29(34)37-6)17-31-30(32)40-25)19-11-12-22(38-8-2)23(16-19)39-9-3/h7,11-17,26H,1,8-10H2,2-6H3/b25-15-/t26-/m1/s1. The average molecular weight is 565 g/mol. The van der Waals surface area contributed by atoms with Crippen LogP contribution in [0.5, 0.6) is 23.0 Å². The Labute approximate surface area is 236 Å². The Morgan fingerprint density at radius 2 is 1.80 bits per heavy atom. The summed E-state index contributed by atoms with van der Waals surface area (Å²) >= 11 is 1.23. The van der Waals surface area contributed by atoms with Gasteiger partial charge in [0.1, 0.15) is 0 Å². The fourth-order valence-electron chi connectivity index (χ4n) is 4.60. The van der Waals surface area contributed by atoms with Crippen LogP contribution in [0.1, 0.15) is 36.6 Å². The van der Waals surface area contributed by atoms with Gasteiger partial charge in [0.15, 0.2) is 27.8 Å². The van der Waals surface area contributed by atoms with Gasteiger partial charge in [-0.1, -0.05) is 23.5 Å². The monoisotopic (exact) mass is 564 g/mol. The Morgan fingerprint density at radius 3 is 2.45 bits per heavy atom. The number of hydrogen-bond donors (Lipinski definition) is 0. The van der Waals surface area contributed by atoms with Gasteiger partial charge in [-0.3, -0.25) is 9.36 Å². The summed E-state index contributed by atoms with van der Waals surface area (Å²) in [6.45, 7) is 8.48. The number of fused-ring (bicyclic) bond motifs is 1. The zero-order valence-corrected chi connectivity index (χ0v) is 24.0. The molecule has 0 unspecified atom stereocenters. The van der Waals surface area contributed by atoms with Crippen LogP contribution in [0, 0.1) is 0 Å². The second-order valence-corrected chi connectivity index (χ2v) is 9.67. The summed E-state index contributed by atoms with van der Waals surface area (Å²) in [6.07, 6.45) is 5.57. The van der Waals surface area contributed by atoms with Crippen LogP contribution in [-0.4, -0.2) is 45.1 Å². The van der Waals surface area contributed by atoms with E-state index in [-0.39, 0.29) is 11.1 Å².